The molecular formula is C24H36N12O. The minimum atomic E-state index is -0.268. The summed E-state index contributed by atoms with van der Waals surface area (Å²) in [5.41, 5.74) is 2.60. The molecule has 4 heterocycles. The molecule has 1 fully saturated rings. The predicted molar refractivity (Wildman–Crippen MR) is 139 cm³/mol. The summed E-state index contributed by atoms with van der Waals surface area (Å²) in [7, 11) is 3.64. The summed E-state index contributed by atoms with van der Waals surface area (Å²) < 4.78 is 9.67. The Morgan fingerprint density at radius 1 is 1.14 bits per heavy atom. The van der Waals surface area contributed by atoms with Crippen LogP contribution in [0.25, 0.3) is 11.2 Å². The first kappa shape index (κ1) is 25.1. The van der Waals surface area contributed by atoms with Crippen molar-refractivity contribution in [2.75, 3.05) is 24.3 Å². The molecule has 2 N–H and O–H groups in total. The summed E-state index contributed by atoms with van der Waals surface area (Å²) in [6.45, 7) is 3.97. The van der Waals surface area contributed by atoms with E-state index in [1.54, 1.807) is 11.9 Å². The molecule has 37 heavy (non-hydrogen) atoms. The normalized spacial score (nSPS) is 15.3. The third-order valence-corrected chi connectivity index (χ3v) is 6.79. The molecular weight excluding hydrogens is 472 g/mol. The molecule has 4 aromatic heterocycles. The second-order valence-electron chi connectivity index (χ2n) is 9.54. The highest BCUT2D eigenvalue weighted by atomic mass is 16.5. The Kier molecular flexibility index (Phi) is 7.87. The second kappa shape index (κ2) is 11.6. The second-order valence-corrected chi connectivity index (χ2v) is 9.54. The van der Waals surface area contributed by atoms with Crippen LogP contribution < -0.4 is 10.6 Å². The van der Waals surface area contributed by atoms with E-state index in [1.165, 1.54) is 19.3 Å². The molecule has 5 rings (SSSR count). The maximum atomic E-state index is 5.67. The Balaban J connectivity index is 1.35. The van der Waals surface area contributed by atoms with E-state index in [0.29, 0.717) is 43.9 Å². The van der Waals surface area contributed by atoms with Crippen LogP contribution in [0.5, 0.6) is 0 Å². The number of imidazole rings is 2. The van der Waals surface area contributed by atoms with Gasteiger partial charge in [0.2, 0.25) is 11.8 Å². The Morgan fingerprint density at radius 2 is 2.00 bits per heavy atom. The first-order valence-electron chi connectivity index (χ1n) is 13.1. The number of aromatic nitrogens is 10. The van der Waals surface area contributed by atoms with Crippen molar-refractivity contribution >= 4 is 22.9 Å². The molecule has 1 atom stereocenters. The number of hydrogen-bond donors (Lipinski definition) is 2. The Bertz CT molecular complexity index is 1290. The van der Waals surface area contributed by atoms with Crippen LogP contribution in [0.15, 0.2) is 18.9 Å². The maximum absolute atomic E-state index is 5.67. The lowest BCUT2D eigenvalue weighted by Crippen LogP contribution is -2.23. The maximum Gasteiger partial charge on any atom is 0.226 e. The van der Waals surface area contributed by atoms with Gasteiger partial charge in [0.15, 0.2) is 17.0 Å². The number of rotatable bonds is 12. The smallest absolute Gasteiger partial charge is 0.226 e. The molecule has 0 spiro atoms. The van der Waals surface area contributed by atoms with Crippen LogP contribution in [0.1, 0.15) is 63.1 Å². The van der Waals surface area contributed by atoms with Gasteiger partial charge >= 0.3 is 0 Å². The van der Waals surface area contributed by atoms with E-state index in [4.69, 9.17) is 19.7 Å². The zero-order valence-electron chi connectivity index (χ0n) is 21.8. The summed E-state index contributed by atoms with van der Waals surface area (Å²) in [5, 5.41) is 19.7. The number of aryl methyl sites for hydroxylation is 3. The zero-order chi connectivity index (χ0) is 25.6. The van der Waals surface area contributed by atoms with Crippen LogP contribution in [0.4, 0.5) is 11.8 Å². The standard InChI is InChI=1S/C24H36N12O/c1-4-36-32-21(31-33-36)19(37-3)11-13-35-16-27-20-22(28-17-8-6-5-7-9-17)29-24(30-23(20)35)25-12-10-18-14-34(2)15-26-18/h14-17,19H,4-13H2,1-3H3,(H2,25,28,29,30). The zero-order valence-corrected chi connectivity index (χ0v) is 21.8. The van der Waals surface area contributed by atoms with Gasteiger partial charge in [-0.25, -0.2) is 9.97 Å². The van der Waals surface area contributed by atoms with Gasteiger partial charge < -0.3 is 24.5 Å². The molecule has 1 aliphatic carbocycles. The molecule has 1 saturated carbocycles. The Morgan fingerprint density at radius 3 is 2.73 bits per heavy atom. The molecule has 1 unspecified atom stereocenters. The van der Waals surface area contributed by atoms with E-state index >= 15 is 0 Å². The van der Waals surface area contributed by atoms with Crippen molar-refractivity contribution in [1.82, 2.24) is 49.3 Å². The van der Waals surface area contributed by atoms with E-state index in [9.17, 15) is 0 Å². The number of ether oxygens (including phenoxy) is 1. The van der Waals surface area contributed by atoms with Crippen molar-refractivity contribution in [3.05, 3.63) is 30.4 Å². The molecule has 1 aliphatic rings. The molecule has 198 valence electrons. The van der Waals surface area contributed by atoms with Crippen molar-refractivity contribution in [2.24, 2.45) is 7.05 Å². The number of anilines is 2. The highest BCUT2D eigenvalue weighted by Crippen LogP contribution is 2.27. The van der Waals surface area contributed by atoms with Crippen LogP contribution in [0.2, 0.25) is 0 Å². The predicted octanol–water partition coefficient (Wildman–Crippen LogP) is 2.74. The fourth-order valence-corrected chi connectivity index (χ4v) is 4.75. The summed E-state index contributed by atoms with van der Waals surface area (Å²) in [6, 6.07) is 0.406. The van der Waals surface area contributed by atoms with Crippen molar-refractivity contribution in [3.63, 3.8) is 0 Å². The van der Waals surface area contributed by atoms with E-state index < -0.39 is 0 Å². The summed E-state index contributed by atoms with van der Waals surface area (Å²) in [5.74, 6) is 1.95. The third kappa shape index (κ3) is 6.04. The largest absolute Gasteiger partial charge is 0.373 e. The number of nitrogens with zero attached hydrogens (tertiary/aromatic N) is 10. The fraction of sp³-hybridized carbons (Fsp3) is 0.625. The lowest BCUT2D eigenvalue weighted by Gasteiger charge is -2.23. The monoisotopic (exact) mass is 508 g/mol. The molecule has 4 aromatic rings. The highest BCUT2D eigenvalue weighted by Gasteiger charge is 2.21. The minimum absolute atomic E-state index is 0.268. The van der Waals surface area contributed by atoms with Gasteiger partial charge in [-0.2, -0.15) is 14.8 Å². The summed E-state index contributed by atoms with van der Waals surface area (Å²) >= 11 is 0. The van der Waals surface area contributed by atoms with Crippen LogP contribution in [-0.4, -0.2) is 69.0 Å². The van der Waals surface area contributed by atoms with Gasteiger partial charge in [0, 0.05) is 45.9 Å². The van der Waals surface area contributed by atoms with Crippen molar-refractivity contribution < 1.29 is 4.74 Å². The SMILES string of the molecule is CCn1nnc(C(CCn2cnc3c(NC4CCCCC4)nc(NCCc4cn(C)cn4)nc32)OC)n1. The van der Waals surface area contributed by atoms with E-state index in [2.05, 4.69) is 31.0 Å². The van der Waals surface area contributed by atoms with E-state index in [-0.39, 0.29) is 6.10 Å². The first-order valence-corrected chi connectivity index (χ1v) is 13.1. The molecule has 0 aliphatic heterocycles. The number of methoxy groups -OCH3 is 1. The van der Waals surface area contributed by atoms with Crippen LogP contribution >= 0.6 is 0 Å². The molecule has 13 nitrogen and oxygen atoms in total. The van der Waals surface area contributed by atoms with Gasteiger partial charge in [-0.1, -0.05) is 19.3 Å². The quantitative estimate of drug-likeness (QED) is 0.294. The van der Waals surface area contributed by atoms with Crippen LogP contribution in [0.3, 0.4) is 0 Å². The lowest BCUT2D eigenvalue weighted by molar-refractivity contribution is 0.0842. The van der Waals surface area contributed by atoms with Gasteiger partial charge in [0.25, 0.3) is 0 Å². The van der Waals surface area contributed by atoms with Gasteiger partial charge in [-0.05, 0) is 31.4 Å². The van der Waals surface area contributed by atoms with Crippen LogP contribution in [-0.2, 0) is 31.3 Å². The number of fused-ring (bicyclic) bond motifs is 1. The number of tetrazole rings is 1. The number of nitrogens with one attached hydrogen (secondary N) is 2. The Hall–Kier alpha value is -3.61. The summed E-state index contributed by atoms with van der Waals surface area (Å²) in [6.07, 6.45) is 12.9. The average Bonchev–Trinajstić information content (AvgIpc) is 3.66. The first-order chi connectivity index (χ1) is 18.1. The van der Waals surface area contributed by atoms with Gasteiger partial charge in [-0.3, -0.25) is 0 Å². The molecule has 0 saturated heterocycles. The molecule has 13 heteroatoms. The van der Waals surface area contributed by atoms with Crippen molar-refractivity contribution in [2.45, 2.75) is 77.1 Å². The number of hydrogen-bond acceptors (Lipinski definition) is 10. The minimum Gasteiger partial charge on any atom is -0.373 e. The van der Waals surface area contributed by atoms with Gasteiger partial charge in [0.1, 0.15) is 6.10 Å². The van der Waals surface area contributed by atoms with E-state index in [1.807, 2.05) is 42.0 Å². The topological polar surface area (TPSA) is 138 Å². The molecule has 0 amide bonds. The molecule has 0 aromatic carbocycles. The van der Waals surface area contributed by atoms with Crippen molar-refractivity contribution in [1.29, 1.82) is 0 Å². The van der Waals surface area contributed by atoms with Gasteiger partial charge in [0.05, 0.1) is 24.9 Å². The van der Waals surface area contributed by atoms with E-state index in [0.717, 1.165) is 41.9 Å². The Labute approximate surface area is 216 Å². The molecule has 0 radical (unpaired) electrons. The fourth-order valence-electron chi connectivity index (χ4n) is 4.75. The summed E-state index contributed by atoms with van der Waals surface area (Å²) in [4.78, 5) is 20.3. The third-order valence-electron chi connectivity index (χ3n) is 6.79. The highest BCUT2D eigenvalue weighted by molar-refractivity contribution is 5.84. The average molecular weight is 509 g/mol. The molecule has 0 bridgehead atoms. The van der Waals surface area contributed by atoms with Gasteiger partial charge in [-0.15, -0.1) is 10.2 Å². The lowest BCUT2D eigenvalue weighted by atomic mass is 9.95. The van der Waals surface area contributed by atoms with Crippen molar-refractivity contribution in [3.8, 4) is 0 Å². The van der Waals surface area contributed by atoms with Crippen LogP contribution in [0, 0.1) is 0 Å².